The molecule has 0 radical (unpaired) electrons. The summed E-state index contributed by atoms with van der Waals surface area (Å²) >= 11 is 0. The summed E-state index contributed by atoms with van der Waals surface area (Å²) in [5, 5.41) is 12.3. The van der Waals surface area contributed by atoms with E-state index in [0.29, 0.717) is 11.4 Å². The van der Waals surface area contributed by atoms with Crippen LogP contribution in [-0.4, -0.2) is 16.0 Å². The number of amides is 1. The highest BCUT2D eigenvalue weighted by Crippen LogP contribution is 2.13. The molecular weight excluding hydrogens is 216 g/mol. The van der Waals surface area contributed by atoms with Gasteiger partial charge in [-0.05, 0) is 31.5 Å². The lowest BCUT2D eigenvalue weighted by molar-refractivity contribution is -0.113. The Morgan fingerprint density at radius 3 is 2.65 bits per heavy atom. The van der Waals surface area contributed by atoms with Crippen LogP contribution in [-0.2, 0) is 4.79 Å². The maximum atomic E-state index is 11.8. The Bertz CT molecular complexity index is 450. The lowest BCUT2D eigenvalue weighted by atomic mass is 10.1. The predicted molar refractivity (Wildman–Crippen MR) is 67.8 cm³/mol. The minimum absolute atomic E-state index is 0.0637. The minimum Gasteiger partial charge on any atom is -0.512 e. The van der Waals surface area contributed by atoms with Gasteiger partial charge in [-0.15, -0.1) is 0 Å². The molecule has 1 amide bonds. The number of hydrogen-bond acceptors (Lipinski definition) is 3. The van der Waals surface area contributed by atoms with Crippen molar-refractivity contribution < 1.29 is 9.90 Å². The van der Waals surface area contributed by atoms with E-state index < -0.39 is 0 Å². The predicted octanol–water partition coefficient (Wildman–Crippen LogP) is 2.82. The summed E-state index contributed by atoms with van der Waals surface area (Å²) in [5.41, 5.74) is 1.34. The molecule has 4 nitrogen and oxygen atoms in total. The first-order valence-electron chi connectivity index (χ1n) is 5.55. The van der Waals surface area contributed by atoms with Crippen LogP contribution in [0.2, 0.25) is 0 Å². The molecule has 0 atom stereocenters. The molecule has 2 N–H and O–H groups in total. The fraction of sp³-hybridized carbons (Fsp3) is 0.385. The highest BCUT2D eigenvalue weighted by Gasteiger charge is 2.13. The van der Waals surface area contributed by atoms with Gasteiger partial charge in [-0.2, -0.15) is 0 Å². The van der Waals surface area contributed by atoms with Crippen molar-refractivity contribution in [1.29, 1.82) is 0 Å². The van der Waals surface area contributed by atoms with Crippen molar-refractivity contribution in [2.24, 2.45) is 5.92 Å². The summed E-state index contributed by atoms with van der Waals surface area (Å²) in [4.78, 5) is 15.8. The van der Waals surface area contributed by atoms with E-state index in [1.54, 1.807) is 19.2 Å². The molecule has 1 rings (SSSR count). The van der Waals surface area contributed by atoms with Crippen molar-refractivity contribution in [3.05, 3.63) is 35.2 Å². The fourth-order valence-electron chi connectivity index (χ4n) is 1.36. The van der Waals surface area contributed by atoms with Crippen LogP contribution in [0.3, 0.4) is 0 Å². The van der Waals surface area contributed by atoms with Gasteiger partial charge in [0.15, 0.2) is 0 Å². The third-order valence-electron chi connectivity index (χ3n) is 2.43. The number of allylic oxidation sites excluding steroid dienone is 1. The lowest BCUT2D eigenvalue weighted by Gasteiger charge is -2.09. The third-order valence-corrected chi connectivity index (χ3v) is 2.43. The number of hydrogen-bond donors (Lipinski definition) is 2. The third kappa shape index (κ3) is 3.59. The Hall–Kier alpha value is -1.84. The molecule has 0 unspecified atom stereocenters. The van der Waals surface area contributed by atoms with E-state index in [1.165, 1.54) is 0 Å². The molecule has 1 heterocycles. The zero-order valence-electron chi connectivity index (χ0n) is 10.6. The largest absolute Gasteiger partial charge is 0.512 e. The summed E-state index contributed by atoms with van der Waals surface area (Å²) in [6.45, 7) is 7.18. The van der Waals surface area contributed by atoms with Gasteiger partial charge in [0.2, 0.25) is 0 Å². The SMILES string of the molecule is C/C(C(=O)Nc1cc(C)ccn1)=C(/O)C(C)C. The zero-order valence-corrected chi connectivity index (χ0v) is 10.6. The molecular formula is C13H18N2O2. The Kier molecular flexibility index (Phi) is 4.26. The van der Waals surface area contributed by atoms with Gasteiger partial charge in [-0.25, -0.2) is 4.98 Å². The molecule has 0 saturated heterocycles. The Morgan fingerprint density at radius 1 is 1.47 bits per heavy atom. The van der Waals surface area contributed by atoms with Crippen molar-refractivity contribution in [2.45, 2.75) is 27.7 Å². The smallest absolute Gasteiger partial charge is 0.255 e. The van der Waals surface area contributed by atoms with E-state index in [2.05, 4.69) is 10.3 Å². The van der Waals surface area contributed by atoms with Gasteiger partial charge >= 0.3 is 0 Å². The van der Waals surface area contributed by atoms with Crippen molar-refractivity contribution in [3.8, 4) is 0 Å². The molecule has 4 heteroatoms. The van der Waals surface area contributed by atoms with Crippen LogP contribution in [0.5, 0.6) is 0 Å². The zero-order chi connectivity index (χ0) is 13.0. The van der Waals surface area contributed by atoms with E-state index in [-0.39, 0.29) is 17.6 Å². The number of aliphatic hydroxyl groups is 1. The maximum absolute atomic E-state index is 11.8. The van der Waals surface area contributed by atoms with Crippen LogP contribution in [0.1, 0.15) is 26.3 Å². The molecule has 1 aromatic rings. The molecule has 0 fully saturated rings. The molecule has 0 bridgehead atoms. The van der Waals surface area contributed by atoms with Crippen molar-refractivity contribution in [1.82, 2.24) is 4.98 Å². The van der Waals surface area contributed by atoms with Crippen molar-refractivity contribution >= 4 is 11.7 Å². The second-order valence-electron chi connectivity index (χ2n) is 4.34. The standard InChI is InChI=1S/C13H18N2O2/c1-8(2)12(16)10(4)13(17)15-11-7-9(3)5-6-14-11/h5-8,16H,1-4H3,(H,14,15,17)/b12-10-. The number of rotatable bonds is 3. The highest BCUT2D eigenvalue weighted by molar-refractivity contribution is 6.03. The number of nitrogens with zero attached hydrogens (tertiary/aromatic N) is 1. The van der Waals surface area contributed by atoms with Gasteiger partial charge < -0.3 is 10.4 Å². The van der Waals surface area contributed by atoms with Gasteiger partial charge in [0, 0.05) is 12.1 Å². The van der Waals surface area contributed by atoms with E-state index >= 15 is 0 Å². The first-order valence-corrected chi connectivity index (χ1v) is 5.55. The second kappa shape index (κ2) is 5.48. The Balaban J connectivity index is 2.83. The number of aromatic nitrogens is 1. The number of aliphatic hydroxyl groups excluding tert-OH is 1. The van der Waals surface area contributed by atoms with E-state index in [4.69, 9.17) is 0 Å². The monoisotopic (exact) mass is 234 g/mol. The van der Waals surface area contributed by atoms with Crippen LogP contribution < -0.4 is 5.32 Å². The summed E-state index contributed by atoms with van der Waals surface area (Å²) < 4.78 is 0. The minimum atomic E-state index is -0.325. The molecule has 0 aliphatic heterocycles. The lowest BCUT2D eigenvalue weighted by Crippen LogP contribution is -2.16. The molecule has 0 aromatic carbocycles. The Labute approximate surface area is 101 Å². The normalized spacial score (nSPS) is 12.3. The van der Waals surface area contributed by atoms with Gasteiger partial charge in [-0.1, -0.05) is 13.8 Å². The fourth-order valence-corrected chi connectivity index (χ4v) is 1.36. The van der Waals surface area contributed by atoms with E-state index in [0.717, 1.165) is 5.56 Å². The van der Waals surface area contributed by atoms with E-state index in [9.17, 15) is 9.90 Å². The summed E-state index contributed by atoms with van der Waals surface area (Å²) in [6, 6.07) is 3.63. The molecule has 92 valence electrons. The van der Waals surface area contributed by atoms with Crippen LogP contribution in [0.4, 0.5) is 5.82 Å². The number of carbonyl (C=O) groups excluding carboxylic acids is 1. The molecule has 17 heavy (non-hydrogen) atoms. The van der Waals surface area contributed by atoms with Gasteiger partial charge in [-0.3, -0.25) is 4.79 Å². The summed E-state index contributed by atoms with van der Waals surface area (Å²) in [7, 11) is 0. The van der Waals surface area contributed by atoms with Crippen LogP contribution in [0.25, 0.3) is 0 Å². The number of carbonyl (C=O) groups is 1. The van der Waals surface area contributed by atoms with Crippen LogP contribution in [0.15, 0.2) is 29.7 Å². The number of pyridine rings is 1. The van der Waals surface area contributed by atoms with Crippen molar-refractivity contribution in [2.75, 3.05) is 5.32 Å². The van der Waals surface area contributed by atoms with Gasteiger partial charge in [0.1, 0.15) is 11.6 Å². The number of anilines is 1. The average Bonchev–Trinajstić information content (AvgIpc) is 2.26. The van der Waals surface area contributed by atoms with Gasteiger partial charge in [0.25, 0.3) is 5.91 Å². The number of aryl methyl sites for hydroxylation is 1. The molecule has 1 aromatic heterocycles. The topological polar surface area (TPSA) is 62.2 Å². The van der Waals surface area contributed by atoms with Gasteiger partial charge in [0.05, 0.1) is 5.57 Å². The second-order valence-corrected chi connectivity index (χ2v) is 4.34. The first kappa shape index (κ1) is 13.2. The summed E-state index contributed by atoms with van der Waals surface area (Å²) in [6.07, 6.45) is 1.63. The summed E-state index contributed by atoms with van der Waals surface area (Å²) in [5.74, 6) is 0.210. The van der Waals surface area contributed by atoms with E-state index in [1.807, 2.05) is 26.8 Å². The van der Waals surface area contributed by atoms with Crippen LogP contribution >= 0.6 is 0 Å². The maximum Gasteiger partial charge on any atom is 0.255 e. The molecule has 0 spiro atoms. The first-order chi connectivity index (χ1) is 7.91. The molecule has 0 aliphatic rings. The quantitative estimate of drug-likeness (QED) is 0.624. The highest BCUT2D eigenvalue weighted by atomic mass is 16.3. The molecule has 0 aliphatic carbocycles. The average molecular weight is 234 g/mol. The Morgan fingerprint density at radius 2 is 2.12 bits per heavy atom. The number of nitrogens with one attached hydrogen (secondary N) is 1. The van der Waals surface area contributed by atoms with Crippen molar-refractivity contribution in [3.63, 3.8) is 0 Å². The molecule has 0 saturated carbocycles. The van der Waals surface area contributed by atoms with Crippen LogP contribution in [0, 0.1) is 12.8 Å².